The van der Waals surface area contributed by atoms with E-state index in [0.717, 1.165) is 0 Å². The third-order valence-corrected chi connectivity index (χ3v) is 2.92. The summed E-state index contributed by atoms with van der Waals surface area (Å²) in [7, 11) is 0. The lowest BCUT2D eigenvalue weighted by Crippen LogP contribution is -2.48. The summed E-state index contributed by atoms with van der Waals surface area (Å²) in [5.74, 6) is -0.565. The minimum absolute atomic E-state index is 0.0952. The fraction of sp³-hybridized carbons (Fsp3) is 0.556. The Morgan fingerprint density at radius 3 is 2.07 bits per heavy atom. The number of amides is 1. The zero-order chi connectivity index (χ0) is 20.8. The monoisotopic (exact) mass is 382 g/mol. The number of nitro benzene ring substituents is 1. The van der Waals surface area contributed by atoms with Crippen molar-refractivity contribution in [1.29, 1.82) is 0 Å². The highest BCUT2D eigenvalue weighted by Gasteiger charge is 2.29. The maximum atomic E-state index is 12.3. The zero-order valence-corrected chi connectivity index (χ0v) is 16.4. The van der Waals surface area contributed by atoms with Crippen LogP contribution in [0.5, 0.6) is 5.75 Å². The molecule has 1 N–H and O–H groups in total. The summed E-state index contributed by atoms with van der Waals surface area (Å²) in [6.45, 7) is 10.5. The molecule has 0 spiro atoms. The van der Waals surface area contributed by atoms with Crippen LogP contribution in [0.25, 0.3) is 0 Å². The molecule has 0 heterocycles. The standard InChI is InChI=1S/C18H26N2O7/c1-17(2,3)25-11-14(15(21)27-18(4,5)6)19-16(22)26-13-9-7-12(8-10-13)20(23)24/h7-10,14H,11H2,1-6H3,(H,19,22)/t14-/m0/s1. The van der Waals surface area contributed by atoms with Gasteiger partial charge in [0.1, 0.15) is 11.4 Å². The van der Waals surface area contributed by atoms with Crippen LogP contribution in [-0.2, 0) is 14.3 Å². The lowest BCUT2D eigenvalue weighted by molar-refractivity contribution is -0.384. The minimum Gasteiger partial charge on any atom is -0.458 e. The van der Waals surface area contributed by atoms with Gasteiger partial charge in [-0.1, -0.05) is 0 Å². The topological polar surface area (TPSA) is 117 Å². The molecule has 0 radical (unpaired) electrons. The van der Waals surface area contributed by atoms with Crippen LogP contribution in [0.15, 0.2) is 24.3 Å². The van der Waals surface area contributed by atoms with Crippen molar-refractivity contribution in [2.45, 2.75) is 58.8 Å². The second kappa shape index (κ2) is 8.81. The molecule has 0 aliphatic carbocycles. The molecule has 1 amide bonds. The molecule has 1 aromatic carbocycles. The molecule has 9 heteroatoms. The van der Waals surface area contributed by atoms with Gasteiger partial charge in [0, 0.05) is 12.1 Å². The van der Waals surface area contributed by atoms with Gasteiger partial charge in [0.25, 0.3) is 5.69 Å². The van der Waals surface area contributed by atoms with E-state index in [1.807, 2.05) is 20.8 Å². The van der Waals surface area contributed by atoms with E-state index < -0.39 is 34.2 Å². The van der Waals surface area contributed by atoms with Crippen molar-refractivity contribution in [2.75, 3.05) is 6.61 Å². The number of nitrogens with one attached hydrogen (secondary N) is 1. The fourth-order valence-electron chi connectivity index (χ4n) is 1.79. The van der Waals surface area contributed by atoms with E-state index in [1.54, 1.807) is 20.8 Å². The third kappa shape index (κ3) is 9.00. The Morgan fingerprint density at radius 1 is 1.07 bits per heavy atom. The molecule has 27 heavy (non-hydrogen) atoms. The van der Waals surface area contributed by atoms with Crippen molar-refractivity contribution in [3.05, 3.63) is 34.4 Å². The van der Waals surface area contributed by atoms with Crippen molar-refractivity contribution in [2.24, 2.45) is 0 Å². The smallest absolute Gasteiger partial charge is 0.413 e. The SMILES string of the molecule is CC(C)(C)OC[C@H](NC(=O)Oc1ccc([N+](=O)[O-])cc1)C(=O)OC(C)(C)C. The summed E-state index contributed by atoms with van der Waals surface area (Å²) < 4.78 is 15.9. The van der Waals surface area contributed by atoms with E-state index in [-0.39, 0.29) is 18.0 Å². The average molecular weight is 382 g/mol. The predicted molar refractivity (Wildman–Crippen MR) is 97.6 cm³/mol. The third-order valence-electron chi connectivity index (χ3n) is 2.92. The number of esters is 1. The van der Waals surface area contributed by atoms with Gasteiger partial charge in [0.2, 0.25) is 0 Å². The van der Waals surface area contributed by atoms with Gasteiger partial charge < -0.3 is 19.5 Å². The Balaban J connectivity index is 2.78. The first-order chi connectivity index (χ1) is 12.3. The number of benzene rings is 1. The largest absolute Gasteiger partial charge is 0.458 e. The normalized spacial score (nSPS) is 12.8. The highest BCUT2D eigenvalue weighted by molar-refractivity contribution is 5.82. The van der Waals surface area contributed by atoms with E-state index in [4.69, 9.17) is 14.2 Å². The molecular weight excluding hydrogens is 356 g/mol. The average Bonchev–Trinajstić information content (AvgIpc) is 2.49. The van der Waals surface area contributed by atoms with Crippen molar-refractivity contribution in [3.8, 4) is 5.75 Å². The summed E-state index contributed by atoms with van der Waals surface area (Å²) in [6, 6.07) is 3.90. The molecule has 1 aromatic rings. The first-order valence-electron chi connectivity index (χ1n) is 8.36. The predicted octanol–water partition coefficient (Wildman–Crippen LogP) is 3.21. The van der Waals surface area contributed by atoms with Gasteiger partial charge in [-0.2, -0.15) is 0 Å². The van der Waals surface area contributed by atoms with Gasteiger partial charge in [-0.05, 0) is 53.7 Å². The van der Waals surface area contributed by atoms with Crippen LogP contribution in [0, 0.1) is 10.1 Å². The van der Waals surface area contributed by atoms with Crippen molar-refractivity contribution in [3.63, 3.8) is 0 Å². The van der Waals surface area contributed by atoms with Crippen molar-refractivity contribution in [1.82, 2.24) is 5.32 Å². The van der Waals surface area contributed by atoms with Crippen LogP contribution < -0.4 is 10.1 Å². The molecule has 1 rings (SSSR count). The maximum Gasteiger partial charge on any atom is 0.413 e. The van der Waals surface area contributed by atoms with Gasteiger partial charge in [-0.15, -0.1) is 0 Å². The lowest BCUT2D eigenvalue weighted by Gasteiger charge is -2.27. The Morgan fingerprint density at radius 2 is 1.63 bits per heavy atom. The quantitative estimate of drug-likeness (QED) is 0.456. The van der Waals surface area contributed by atoms with Crippen LogP contribution in [0.2, 0.25) is 0 Å². The first kappa shape index (κ1) is 22.4. The molecular formula is C18H26N2O7. The molecule has 0 saturated carbocycles. The highest BCUT2D eigenvalue weighted by atomic mass is 16.6. The van der Waals surface area contributed by atoms with Crippen LogP contribution in [0.3, 0.4) is 0 Å². The molecule has 0 aliphatic heterocycles. The number of nitrogens with zero attached hydrogens (tertiary/aromatic N) is 1. The van der Waals surface area contributed by atoms with E-state index >= 15 is 0 Å². The Kier molecular flexibility index (Phi) is 7.29. The zero-order valence-electron chi connectivity index (χ0n) is 16.4. The van der Waals surface area contributed by atoms with Gasteiger partial charge in [0.05, 0.1) is 17.1 Å². The number of ether oxygens (including phenoxy) is 3. The van der Waals surface area contributed by atoms with Gasteiger partial charge in [-0.25, -0.2) is 9.59 Å². The second-order valence-corrected chi connectivity index (χ2v) is 7.79. The van der Waals surface area contributed by atoms with Crippen LogP contribution in [0.4, 0.5) is 10.5 Å². The summed E-state index contributed by atoms with van der Waals surface area (Å²) >= 11 is 0. The summed E-state index contributed by atoms with van der Waals surface area (Å²) in [5.41, 5.74) is -1.39. The molecule has 9 nitrogen and oxygen atoms in total. The second-order valence-electron chi connectivity index (χ2n) is 7.79. The summed E-state index contributed by atoms with van der Waals surface area (Å²) in [5, 5.41) is 13.0. The molecule has 0 aliphatic rings. The molecule has 0 fully saturated rings. The van der Waals surface area contributed by atoms with E-state index in [1.165, 1.54) is 24.3 Å². The Labute approximate surface area is 158 Å². The number of hydrogen-bond donors (Lipinski definition) is 1. The number of carbonyl (C=O) groups excluding carboxylic acids is 2. The van der Waals surface area contributed by atoms with E-state index in [0.29, 0.717) is 0 Å². The molecule has 1 atom stereocenters. The number of non-ortho nitro benzene ring substituents is 1. The lowest BCUT2D eigenvalue weighted by atomic mass is 10.1. The first-order valence-corrected chi connectivity index (χ1v) is 8.36. The summed E-state index contributed by atoms with van der Waals surface area (Å²) in [6.07, 6.45) is -0.905. The van der Waals surface area contributed by atoms with Crippen LogP contribution in [0.1, 0.15) is 41.5 Å². The molecule has 0 bridgehead atoms. The molecule has 0 aromatic heterocycles. The van der Waals surface area contributed by atoms with Gasteiger partial charge in [0.15, 0.2) is 6.04 Å². The molecule has 150 valence electrons. The number of nitro groups is 1. The van der Waals surface area contributed by atoms with Gasteiger partial charge >= 0.3 is 12.1 Å². The van der Waals surface area contributed by atoms with Gasteiger partial charge in [-0.3, -0.25) is 10.1 Å². The minimum atomic E-state index is -1.08. The van der Waals surface area contributed by atoms with Crippen molar-refractivity contribution < 1.29 is 28.7 Å². The van der Waals surface area contributed by atoms with Crippen LogP contribution >= 0.6 is 0 Å². The number of carbonyl (C=O) groups is 2. The summed E-state index contributed by atoms with van der Waals surface area (Å²) in [4.78, 5) is 34.5. The van der Waals surface area contributed by atoms with Crippen LogP contribution in [-0.4, -0.2) is 40.8 Å². The Bertz CT molecular complexity index is 672. The maximum absolute atomic E-state index is 12.3. The number of hydrogen-bond acceptors (Lipinski definition) is 7. The van der Waals surface area contributed by atoms with Crippen molar-refractivity contribution >= 4 is 17.7 Å². The Hall–Kier alpha value is -2.68. The molecule has 0 saturated heterocycles. The molecule has 0 unspecified atom stereocenters. The fourth-order valence-corrected chi connectivity index (χ4v) is 1.79. The van der Waals surface area contributed by atoms with E-state index in [9.17, 15) is 19.7 Å². The highest BCUT2D eigenvalue weighted by Crippen LogP contribution is 2.17. The number of rotatable bonds is 6. The van der Waals surface area contributed by atoms with E-state index in [2.05, 4.69) is 5.32 Å².